The lowest BCUT2D eigenvalue weighted by Gasteiger charge is -2.20. The number of halogens is 1. The van der Waals surface area contributed by atoms with Crippen molar-refractivity contribution in [2.45, 2.75) is 12.6 Å². The van der Waals surface area contributed by atoms with Gasteiger partial charge in [0.25, 0.3) is 0 Å². The van der Waals surface area contributed by atoms with Gasteiger partial charge in [-0.25, -0.2) is 4.39 Å². The summed E-state index contributed by atoms with van der Waals surface area (Å²) in [6, 6.07) is 6.28. The maximum Gasteiger partial charge on any atom is 0.306 e. The molecule has 5 heteroatoms. The third-order valence-electron chi connectivity index (χ3n) is 2.16. The number of hydrogen-bond acceptors (Lipinski definition) is 3. The molecule has 1 rings (SSSR count). The van der Waals surface area contributed by atoms with E-state index in [1.165, 1.54) is 12.1 Å². The van der Waals surface area contributed by atoms with Crippen molar-refractivity contribution in [3.63, 3.8) is 0 Å². The molecule has 0 aliphatic carbocycles. The predicted octanol–water partition coefficient (Wildman–Crippen LogP) is 1.64. The number of aliphatic carboxylic acids is 1. The van der Waals surface area contributed by atoms with Crippen molar-refractivity contribution >= 4 is 11.7 Å². The summed E-state index contributed by atoms with van der Waals surface area (Å²) in [7, 11) is 1.67. The molecule has 0 spiro atoms. The fraction of sp³-hybridized carbons (Fsp3) is 0.364. The van der Waals surface area contributed by atoms with Crippen LogP contribution in [0, 0.1) is 0 Å². The number of benzene rings is 1. The van der Waals surface area contributed by atoms with Gasteiger partial charge in [0.05, 0.1) is 6.42 Å². The van der Waals surface area contributed by atoms with Gasteiger partial charge in [-0.05, 0) is 24.3 Å². The van der Waals surface area contributed by atoms with Gasteiger partial charge in [0, 0.05) is 19.3 Å². The van der Waals surface area contributed by atoms with Crippen molar-refractivity contribution in [3.8, 4) is 5.75 Å². The Labute approximate surface area is 92.9 Å². The molecule has 0 radical (unpaired) electrons. The lowest BCUT2D eigenvalue weighted by Crippen LogP contribution is -2.27. The molecule has 0 bridgehead atoms. The summed E-state index contributed by atoms with van der Waals surface area (Å²) in [6.07, 6.45) is -1.90. The number of carbonyl (C=O) groups is 1. The first-order valence-electron chi connectivity index (χ1n) is 4.85. The van der Waals surface area contributed by atoms with Crippen LogP contribution in [0.15, 0.2) is 24.3 Å². The van der Waals surface area contributed by atoms with Crippen LogP contribution in [0.1, 0.15) is 6.42 Å². The Kier molecular flexibility index (Phi) is 4.10. The van der Waals surface area contributed by atoms with E-state index in [0.717, 1.165) is 5.69 Å². The van der Waals surface area contributed by atoms with Crippen molar-refractivity contribution in [1.82, 2.24) is 0 Å². The van der Waals surface area contributed by atoms with Gasteiger partial charge in [-0.3, -0.25) is 4.79 Å². The number of anilines is 1. The van der Waals surface area contributed by atoms with E-state index in [1.54, 1.807) is 24.1 Å². The van der Waals surface area contributed by atoms with Crippen LogP contribution < -0.4 is 4.90 Å². The predicted molar refractivity (Wildman–Crippen MR) is 58.5 cm³/mol. The summed E-state index contributed by atoms with van der Waals surface area (Å²) in [6.45, 7) is 0.0110. The maximum absolute atomic E-state index is 13.2. The molecule has 4 nitrogen and oxygen atoms in total. The molecule has 0 aliphatic rings. The van der Waals surface area contributed by atoms with Crippen LogP contribution >= 0.6 is 0 Å². The monoisotopic (exact) mass is 227 g/mol. The highest BCUT2D eigenvalue weighted by atomic mass is 19.1. The first kappa shape index (κ1) is 12.3. The number of carboxylic acids is 1. The topological polar surface area (TPSA) is 60.8 Å². The van der Waals surface area contributed by atoms with Crippen molar-refractivity contribution in [2.24, 2.45) is 0 Å². The smallest absolute Gasteiger partial charge is 0.306 e. The van der Waals surface area contributed by atoms with Crippen molar-refractivity contribution in [2.75, 3.05) is 18.5 Å². The van der Waals surface area contributed by atoms with Gasteiger partial charge in [0.2, 0.25) is 0 Å². The van der Waals surface area contributed by atoms with E-state index in [4.69, 9.17) is 10.2 Å². The van der Waals surface area contributed by atoms with E-state index < -0.39 is 18.6 Å². The Hall–Kier alpha value is -1.78. The molecule has 1 atom stereocenters. The number of carboxylic acid groups (broad SMARTS) is 1. The van der Waals surface area contributed by atoms with E-state index in [9.17, 15) is 9.18 Å². The number of hydrogen-bond donors (Lipinski definition) is 2. The lowest BCUT2D eigenvalue weighted by molar-refractivity contribution is -0.138. The number of aromatic hydroxyl groups is 1. The van der Waals surface area contributed by atoms with Crippen LogP contribution in [0.5, 0.6) is 5.75 Å². The highest BCUT2D eigenvalue weighted by molar-refractivity contribution is 5.67. The number of phenols is 1. The van der Waals surface area contributed by atoms with Gasteiger partial charge in [-0.15, -0.1) is 0 Å². The van der Waals surface area contributed by atoms with Gasteiger partial charge >= 0.3 is 5.97 Å². The molecular weight excluding hydrogens is 213 g/mol. The number of alkyl halides is 1. The minimum atomic E-state index is -1.41. The quantitative estimate of drug-likeness (QED) is 0.802. The Morgan fingerprint density at radius 2 is 2.00 bits per heavy atom. The second kappa shape index (κ2) is 5.34. The first-order valence-corrected chi connectivity index (χ1v) is 4.85. The highest BCUT2D eigenvalue weighted by Gasteiger charge is 2.14. The largest absolute Gasteiger partial charge is 0.508 e. The molecule has 0 heterocycles. The van der Waals surface area contributed by atoms with Crippen LogP contribution in [0.3, 0.4) is 0 Å². The van der Waals surface area contributed by atoms with Gasteiger partial charge < -0.3 is 15.1 Å². The number of phenolic OH excluding ortho intramolecular Hbond substituents is 1. The molecule has 0 aliphatic heterocycles. The van der Waals surface area contributed by atoms with E-state index in [1.807, 2.05) is 0 Å². The average Bonchev–Trinajstić information content (AvgIpc) is 2.16. The van der Waals surface area contributed by atoms with Gasteiger partial charge in [0.15, 0.2) is 0 Å². The number of rotatable bonds is 5. The fourth-order valence-electron chi connectivity index (χ4n) is 1.36. The maximum atomic E-state index is 13.2. The molecule has 1 aromatic carbocycles. The minimum absolute atomic E-state index is 0.0110. The Morgan fingerprint density at radius 3 is 2.50 bits per heavy atom. The third-order valence-corrected chi connectivity index (χ3v) is 2.16. The molecule has 0 saturated heterocycles. The van der Waals surface area contributed by atoms with Crippen LogP contribution in [-0.2, 0) is 4.79 Å². The summed E-state index contributed by atoms with van der Waals surface area (Å²) in [4.78, 5) is 11.9. The molecule has 0 fully saturated rings. The molecule has 0 amide bonds. The highest BCUT2D eigenvalue weighted by Crippen LogP contribution is 2.18. The molecule has 1 unspecified atom stereocenters. The van der Waals surface area contributed by atoms with E-state index in [-0.39, 0.29) is 12.3 Å². The minimum Gasteiger partial charge on any atom is -0.508 e. The second-order valence-corrected chi connectivity index (χ2v) is 3.59. The SMILES string of the molecule is CN(CC(F)CC(=O)O)c1ccc(O)cc1. The van der Waals surface area contributed by atoms with Crippen LogP contribution in [-0.4, -0.2) is 35.9 Å². The third kappa shape index (κ3) is 3.76. The van der Waals surface area contributed by atoms with Crippen LogP contribution in [0.2, 0.25) is 0 Å². The Morgan fingerprint density at radius 1 is 1.44 bits per heavy atom. The average molecular weight is 227 g/mol. The molecule has 0 aromatic heterocycles. The Bertz CT molecular complexity index is 353. The summed E-state index contributed by atoms with van der Waals surface area (Å²) < 4.78 is 13.2. The standard InChI is InChI=1S/C11H14FNO3/c1-13(7-8(12)6-11(15)16)9-2-4-10(14)5-3-9/h2-5,8,14H,6-7H2,1H3,(H,15,16). The normalized spacial score (nSPS) is 12.1. The molecular formula is C11H14FNO3. The van der Waals surface area contributed by atoms with Crippen molar-refractivity contribution < 1.29 is 19.4 Å². The molecule has 1 aromatic rings. The van der Waals surface area contributed by atoms with Gasteiger partial charge in [-0.2, -0.15) is 0 Å². The molecule has 88 valence electrons. The first-order chi connectivity index (χ1) is 7.49. The van der Waals surface area contributed by atoms with E-state index in [2.05, 4.69) is 0 Å². The zero-order valence-electron chi connectivity index (χ0n) is 8.93. The molecule has 2 N–H and O–H groups in total. The van der Waals surface area contributed by atoms with Gasteiger partial charge in [-0.1, -0.05) is 0 Å². The van der Waals surface area contributed by atoms with E-state index >= 15 is 0 Å². The fourth-order valence-corrected chi connectivity index (χ4v) is 1.36. The van der Waals surface area contributed by atoms with E-state index in [0.29, 0.717) is 0 Å². The zero-order chi connectivity index (χ0) is 12.1. The lowest BCUT2D eigenvalue weighted by atomic mass is 10.2. The summed E-state index contributed by atoms with van der Waals surface area (Å²) in [5.41, 5.74) is 0.728. The van der Waals surface area contributed by atoms with Crippen molar-refractivity contribution in [3.05, 3.63) is 24.3 Å². The van der Waals surface area contributed by atoms with Crippen LogP contribution in [0.4, 0.5) is 10.1 Å². The number of nitrogens with zero attached hydrogens (tertiary/aromatic N) is 1. The Balaban J connectivity index is 2.54. The second-order valence-electron chi connectivity index (χ2n) is 3.59. The summed E-state index contributed by atoms with van der Waals surface area (Å²) >= 11 is 0. The van der Waals surface area contributed by atoms with Crippen molar-refractivity contribution in [1.29, 1.82) is 0 Å². The molecule has 16 heavy (non-hydrogen) atoms. The molecule has 0 saturated carbocycles. The summed E-state index contributed by atoms with van der Waals surface area (Å²) in [5, 5.41) is 17.5. The zero-order valence-corrected chi connectivity index (χ0v) is 8.93. The summed E-state index contributed by atoms with van der Waals surface area (Å²) in [5.74, 6) is -1.01. The van der Waals surface area contributed by atoms with Crippen LogP contribution in [0.25, 0.3) is 0 Å². The van der Waals surface area contributed by atoms with Gasteiger partial charge in [0.1, 0.15) is 11.9 Å².